The van der Waals surface area contributed by atoms with E-state index in [1.54, 1.807) is 16.9 Å². The molecule has 0 spiro atoms. The first-order valence-corrected chi connectivity index (χ1v) is 16.1. The van der Waals surface area contributed by atoms with Crippen LogP contribution in [-0.4, -0.2) is 14.6 Å². The Morgan fingerprint density at radius 1 is 0.900 bits per heavy atom. The van der Waals surface area contributed by atoms with Crippen molar-refractivity contribution in [1.29, 1.82) is 0 Å². The van der Waals surface area contributed by atoms with E-state index >= 15 is 0 Å². The van der Waals surface area contributed by atoms with E-state index in [0.29, 0.717) is 9.47 Å². The van der Waals surface area contributed by atoms with Crippen LogP contribution in [-0.2, 0) is 9.47 Å². The van der Waals surface area contributed by atoms with Crippen LogP contribution >= 0.6 is 40.0 Å². The molecule has 0 atom stereocenters. The van der Waals surface area contributed by atoms with Gasteiger partial charge in [-0.05, 0) is 6.07 Å². The summed E-state index contributed by atoms with van der Waals surface area (Å²) in [5.74, 6) is 0. The van der Waals surface area contributed by atoms with Crippen molar-refractivity contribution in [3.63, 3.8) is 0 Å². The van der Waals surface area contributed by atoms with E-state index < -0.39 is 0 Å². The normalized spacial score (nSPS) is 6.50. The zero-order valence-corrected chi connectivity index (χ0v) is 19.6. The molecule has 0 aliphatic rings. The fraction of sp³-hybridized carbons (Fsp3) is 0.571. The van der Waals surface area contributed by atoms with Crippen molar-refractivity contribution in [2.45, 2.75) is 55.4 Å². The van der Waals surface area contributed by atoms with Gasteiger partial charge < -0.3 is 0 Å². The molecular weight excluding hydrogens is 515 g/mol. The Morgan fingerprint density at radius 2 is 1.35 bits per heavy atom. The molecule has 0 radical (unpaired) electrons. The molecule has 0 unspecified atom stereocenters. The first-order valence-electron chi connectivity index (χ1n) is 7.05. The van der Waals surface area contributed by atoms with E-state index in [9.17, 15) is 0 Å². The molecule has 2 aromatic rings. The van der Waals surface area contributed by atoms with Crippen molar-refractivity contribution in [1.82, 2.24) is 14.6 Å². The van der Waals surface area contributed by atoms with Gasteiger partial charge in [-0.3, -0.25) is 0 Å². The quantitative estimate of drug-likeness (QED) is 0.350. The Morgan fingerprint density at radius 3 is 1.75 bits per heavy atom. The molecule has 0 saturated carbocycles. The maximum absolute atomic E-state index is 4.04. The van der Waals surface area contributed by atoms with Gasteiger partial charge in [0.1, 0.15) is 0 Å². The Kier molecular flexibility index (Phi) is 45.8. The predicted octanol–water partition coefficient (Wildman–Crippen LogP) is 6.60. The van der Waals surface area contributed by atoms with Crippen LogP contribution in [0.5, 0.6) is 0 Å². The van der Waals surface area contributed by atoms with Crippen LogP contribution < -0.4 is 0 Å². The van der Waals surface area contributed by atoms with Crippen molar-refractivity contribution in [2.75, 3.05) is 0 Å². The van der Waals surface area contributed by atoms with Crippen molar-refractivity contribution in [3.05, 3.63) is 30.7 Å². The molecule has 2 rings (SSSR count). The molecule has 2 heterocycles. The van der Waals surface area contributed by atoms with Gasteiger partial charge in [-0.1, -0.05) is 55.4 Å². The average Bonchev–Trinajstić information content (AvgIpc) is 3.04. The monoisotopic (exact) mass is 544 g/mol. The molecule has 0 aromatic carbocycles. The van der Waals surface area contributed by atoms with Crippen LogP contribution in [0.3, 0.4) is 0 Å². The minimum Gasteiger partial charge on any atom is -0.237 e. The Hall–Kier alpha value is 0.664. The smallest absolute Gasteiger partial charge is 0.154 e. The Bertz CT molecular complexity index is 313. The van der Waals surface area contributed by atoms with Crippen LogP contribution in [0, 0.1) is 0 Å². The molecule has 0 bridgehead atoms. The minimum atomic E-state index is 0.628. The van der Waals surface area contributed by atoms with Crippen LogP contribution in [0.25, 0.3) is 5.65 Å². The molecule has 119 valence electrons. The molecule has 0 N–H and O–H groups in total. The molecule has 2 aromatic heterocycles. The van der Waals surface area contributed by atoms with E-state index in [2.05, 4.69) is 50.0 Å². The van der Waals surface area contributed by atoms with E-state index in [0.717, 1.165) is 5.65 Å². The van der Waals surface area contributed by atoms with E-state index in [1.165, 1.54) is 0 Å². The molecular formula is C14H29I2N3V. The summed E-state index contributed by atoms with van der Waals surface area (Å²) in [5, 5.41) is 3.97. The van der Waals surface area contributed by atoms with E-state index in [-0.39, 0.29) is 0 Å². The predicted molar refractivity (Wildman–Crippen MR) is 106 cm³/mol. The second-order valence-electron chi connectivity index (χ2n) is 1.82. The molecule has 0 aliphatic carbocycles. The van der Waals surface area contributed by atoms with Gasteiger partial charge in [-0.25, -0.2) is 9.50 Å². The summed E-state index contributed by atoms with van der Waals surface area (Å²) < 4.78 is 1.72. The molecule has 0 amide bonds. The van der Waals surface area contributed by atoms with Gasteiger partial charge in [-0.2, -0.15) is 5.10 Å². The summed E-state index contributed by atoms with van der Waals surface area (Å²) in [6.07, 6.45) is 5.34. The van der Waals surface area contributed by atoms with Gasteiger partial charge >= 0.3 is 49.4 Å². The maximum Gasteiger partial charge on any atom is 0.154 e. The van der Waals surface area contributed by atoms with Crippen molar-refractivity contribution < 1.29 is 9.47 Å². The average molecular weight is 544 g/mol. The minimum absolute atomic E-state index is 0.628. The van der Waals surface area contributed by atoms with Gasteiger partial charge in [0.05, 0.1) is 6.20 Å². The summed E-state index contributed by atoms with van der Waals surface area (Å²) in [4.78, 5) is 4.04. The largest absolute Gasteiger partial charge is 0.237 e. The van der Waals surface area contributed by atoms with Gasteiger partial charge in [-0.15, -0.1) is 0 Å². The number of aromatic nitrogens is 3. The second kappa shape index (κ2) is 31.9. The first-order chi connectivity index (χ1) is 9.88. The number of fused-ring (bicyclic) bond motifs is 1. The van der Waals surface area contributed by atoms with Gasteiger partial charge in [0.2, 0.25) is 0 Å². The summed E-state index contributed by atoms with van der Waals surface area (Å²) in [5.41, 5.74) is 0.887. The van der Waals surface area contributed by atoms with Crippen molar-refractivity contribution in [3.8, 4) is 0 Å². The second-order valence-corrected chi connectivity index (χ2v) is 13.6. The molecule has 0 saturated heterocycles. The molecule has 0 fully saturated rings. The number of halogens is 2. The summed E-state index contributed by atoms with van der Waals surface area (Å²) in [7, 11) is 0.628. The van der Waals surface area contributed by atoms with Crippen LogP contribution in [0.4, 0.5) is 0 Å². The van der Waals surface area contributed by atoms with Crippen molar-refractivity contribution in [2.24, 2.45) is 0 Å². The third-order valence-electron chi connectivity index (χ3n) is 1.17. The molecule has 6 heteroatoms. The van der Waals surface area contributed by atoms with Gasteiger partial charge in [0.25, 0.3) is 0 Å². The zero-order chi connectivity index (χ0) is 16.8. The maximum atomic E-state index is 4.04. The fourth-order valence-electron chi connectivity index (χ4n) is 0.764. The summed E-state index contributed by atoms with van der Waals surface area (Å²) >= 11 is 4.74. The summed E-state index contributed by atoms with van der Waals surface area (Å²) in [6, 6.07) is 3.71. The number of rotatable bonds is 0. The van der Waals surface area contributed by atoms with Crippen LogP contribution in [0.2, 0.25) is 0 Å². The fourth-order valence-corrected chi connectivity index (χ4v) is 0.764. The van der Waals surface area contributed by atoms with E-state index in [1.807, 2.05) is 73.7 Å². The summed E-state index contributed by atoms with van der Waals surface area (Å²) in [6.45, 7) is 16.0. The van der Waals surface area contributed by atoms with Gasteiger partial charge in [0, 0.05) is 18.5 Å². The third kappa shape index (κ3) is 18.7. The SMILES string of the molecule is CC.CC.CC.CC.[I][V][I].c1cnc2ccnn2c1. The van der Waals surface area contributed by atoms with E-state index in [4.69, 9.17) is 0 Å². The Labute approximate surface area is 154 Å². The number of nitrogens with zero attached hydrogens (tertiary/aromatic N) is 3. The number of hydrogen-bond acceptors (Lipinski definition) is 2. The van der Waals surface area contributed by atoms with Crippen LogP contribution in [0.1, 0.15) is 55.4 Å². The standard InChI is InChI=1S/C6H5N3.4C2H6.2HI.V/c1-3-7-6-2-4-8-9(6)5-1;4*1-2;;;/h1-5H;4*1-2H3;2*1H;/q;;;;;;;+2/p-2. The first kappa shape index (κ1) is 28.8. The molecule has 0 aliphatic heterocycles. The zero-order valence-electron chi connectivity index (χ0n) is 13.9. The van der Waals surface area contributed by atoms with Crippen LogP contribution in [0.15, 0.2) is 30.7 Å². The van der Waals surface area contributed by atoms with Gasteiger partial charge in [0.15, 0.2) is 5.65 Å². The molecule has 20 heavy (non-hydrogen) atoms. The third-order valence-corrected chi connectivity index (χ3v) is 1.17. The Balaban J connectivity index is -0.0000000999. The number of hydrogen-bond donors (Lipinski definition) is 0. The molecule has 3 nitrogen and oxygen atoms in total. The topological polar surface area (TPSA) is 30.2 Å². The van der Waals surface area contributed by atoms with Crippen molar-refractivity contribution >= 4 is 45.6 Å².